The van der Waals surface area contributed by atoms with Crippen molar-refractivity contribution in [3.8, 4) is 51.7 Å². The number of ether oxygens (including phenoxy) is 5. The molecule has 0 aromatic heterocycles. The fraction of sp³-hybridized carbons (Fsp3) is 0.458. The van der Waals surface area contributed by atoms with Crippen LogP contribution >= 0.6 is 0 Å². The van der Waals surface area contributed by atoms with Crippen LogP contribution in [0.5, 0.6) is 51.7 Å². The molecule has 0 saturated carbocycles. The van der Waals surface area contributed by atoms with E-state index in [1.807, 2.05) is 0 Å². The predicted molar refractivity (Wildman–Crippen MR) is 240 cm³/mol. The molecule has 0 radical (unpaired) electrons. The normalized spacial score (nSPS) is 22.3. The molecule has 2 unspecified atom stereocenters. The zero-order chi connectivity index (χ0) is 52.7. The minimum Gasteiger partial charge on any atom is -0.504 e. The number of benzene rings is 4. The molecule has 72 heavy (non-hydrogen) atoms. The molecule has 24 heteroatoms. The van der Waals surface area contributed by atoms with Crippen LogP contribution in [0.25, 0.3) is 0 Å². The number of hydrogen-bond donors (Lipinski definition) is 15. The number of carbonyl (C=O) groups is 2. The molecule has 24 nitrogen and oxygen atoms in total. The topological polar surface area (TPSA) is 390 Å². The van der Waals surface area contributed by atoms with Crippen LogP contribution in [-0.4, -0.2) is 168 Å². The number of phenolic OH excluding ortho intramolecular Hbond substituents is 4. The first-order valence-electron chi connectivity index (χ1n) is 22.5. The third kappa shape index (κ3) is 8.08. The predicted octanol–water partition coefficient (Wildman–Crippen LogP) is -1.17. The number of rotatable bonds is 15. The smallest absolute Gasteiger partial charge is 0.289 e. The van der Waals surface area contributed by atoms with Gasteiger partial charge in [-0.05, 0) is 85.4 Å². The van der Waals surface area contributed by atoms with Gasteiger partial charge < -0.3 is 100 Å². The van der Waals surface area contributed by atoms with Gasteiger partial charge in [-0.15, -0.1) is 0 Å². The van der Waals surface area contributed by atoms with E-state index in [9.17, 15) is 86.2 Å². The van der Waals surface area contributed by atoms with Crippen LogP contribution in [-0.2, 0) is 25.3 Å². The third-order valence-corrected chi connectivity index (χ3v) is 14.5. The number of ketones is 2. The Morgan fingerprint density at radius 2 is 1.10 bits per heavy atom. The number of nitrogens with zero attached hydrogens (tertiary/aromatic N) is 2. The van der Waals surface area contributed by atoms with Crippen molar-refractivity contribution < 1.29 is 110 Å². The van der Waals surface area contributed by atoms with Crippen LogP contribution in [0.3, 0.4) is 0 Å². The summed E-state index contributed by atoms with van der Waals surface area (Å²) < 4.78 is 27.0. The Bertz CT molecular complexity index is 2690. The second kappa shape index (κ2) is 18.4. The van der Waals surface area contributed by atoms with Gasteiger partial charge in [0.05, 0.1) is 21.3 Å². The maximum atomic E-state index is 13.9. The SMILES string of the molecule is COc1cc2c(cc1OC)C(=O)C(CC1CCN(C(O)(O)c3c(O)c(O)c(OCOc4cc5c(cc4OC)CC(CC4(O)C(O)(O)C(O)(O)N(Cc6ccccc6)C(O)(O)C4(O)O)C5=O)c(O)c3O)CC1)C2. The molecule has 4 aromatic rings. The van der Waals surface area contributed by atoms with E-state index >= 15 is 0 Å². The van der Waals surface area contributed by atoms with Crippen molar-refractivity contribution in [2.45, 2.75) is 80.0 Å². The lowest BCUT2D eigenvalue weighted by Crippen LogP contribution is -2.93. The maximum absolute atomic E-state index is 13.9. The molecule has 4 aromatic carbocycles. The van der Waals surface area contributed by atoms with E-state index < -0.39 is 107 Å². The Hall–Kier alpha value is -6.10. The van der Waals surface area contributed by atoms with E-state index in [1.165, 1.54) is 51.7 Å². The monoisotopic (exact) mass is 1010 g/mol. The Morgan fingerprint density at radius 3 is 1.62 bits per heavy atom. The first kappa shape index (κ1) is 52.2. The number of fused-ring (bicyclic) bond motifs is 2. The highest BCUT2D eigenvalue weighted by Crippen LogP contribution is 2.56. The first-order valence-corrected chi connectivity index (χ1v) is 22.5. The molecule has 15 N–H and O–H groups in total. The fourth-order valence-electron chi connectivity index (χ4n) is 10.4. The summed E-state index contributed by atoms with van der Waals surface area (Å²) >= 11 is 0. The number of aromatic hydroxyl groups is 4. The van der Waals surface area contributed by atoms with E-state index in [2.05, 4.69) is 0 Å². The van der Waals surface area contributed by atoms with Gasteiger partial charge in [-0.2, -0.15) is 4.90 Å². The molecule has 2 heterocycles. The van der Waals surface area contributed by atoms with Gasteiger partial charge in [0, 0.05) is 42.6 Å². The molecule has 2 fully saturated rings. The van der Waals surface area contributed by atoms with Gasteiger partial charge in [-0.3, -0.25) is 9.59 Å². The van der Waals surface area contributed by atoms with Crippen molar-refractivity contribution in [1.82, 2.24) is 9.80 Å². The summed E-state index contributed by atoms with van der Waals surface area (Å²) in [4.78, 5) is 28.0. The minimum absolute atomic E-state index is 0.00827. The van der Waals surface area contributed by atoms with E-state index in [1.54, 1.807) is 18.2 Å². The summed E-state index contributed by atoms with van der Waals surface area (Å²) in [6.45, 7) is -1.95. The molecule has 2 aliphatic heterocycles. The average molecular weight is 1010 g/mol. The van der Waals surface area contributed by atoms with Gasteiger partial charge in [0.15, 0.2) is 51.7 Å². The lowest BCUT2D eigenvalue weighted by molar-refractivity contribution is -0.597. The van der Waals surface area contributed by atoms with E-state index in [-0.39, 0.29) is 63.8 Å². The number of hydrogen-bond acceptors (Lipinski definition) is 24. The third-order valence-electron chi connectivity index (χ3n) is 14.5. The van der Waals surface area contributed by atoms with Crippen LogP contribution < -0.4 is 23.7 Å². The lowest BCUT2D eigenvalue weighted by atomic mass is 9.69. The van der Waals surface area contributed by atoms with Crippen LogP contribution in [0.2, 0.25) is 0 Å². The minimum atomic E-state index is -4.42. The van der Waals surface area contributed by atoms with Gasteiger partial charge >= 0.3 is 0 Å². The summed E-state index contributed by atoms with van der Waals surface area (Å²) in [6.07, 6.45) is -0.149. The Labute approximate surface area is 409 Å². The number of piperidine rings is 2. The first-order chi connectivity index (χ1) is 33.7. The molecule has 0 bridgehead atoms. The van der Waals surface area contributed by atoms with E-state index in [0.29, 0.717) is 42.7 Å². The maximum Gasteiger partial charge on any atom is 0.289 e. The molecule has 2 saturated heterocycles. The second-order valence-corrected chi connectivity index (χ2v) is 18.6. The zero-order valence-electron chi connectivity index (χ0n) is 39.0. The highest BCUT2D eigenvalue weighted by Gasteiger charge is 2.84. The van der Waals surface area contributed by atoms with Gasteiger partial charge in [0.1, 0.15) is 5.56 Å². The summed E-state index contributed by atoms with van der Waals surface area (Å²) in [7, 11) is 4.16. The Morgan fingerprint density at radius 1 is 0.625 bits per heavy atom. The molecule has 0 amide bonds. The van der Waals surface area contributed by atoms with Crippen LogP contribution in [0.4, 0.5) is 0 Å². The highest BCUT2D eigenvalue weighted by molar-refractivity contribution is 6.03. The van der Waals surface area contributed by atoms with Gasteiger partial charge in [-0.25, -0.2) is 4.90 Å². The number of phenols is 4. The summed E-state index contributed by atoms with van der Waals surface area (Å²) in [5.41, 5.74) is -3.77. The standard InChI is InChI=1S/C48H56N2O22/c1-68-31-16-25-14-27(36(51)29(25)18-33(31)70-3)13-23-9-11-49(12-10-23)44(58,59)35-38(53)40(55)42(41(56)39(35)54)72-22-71-34-19-30-26(17-32(34)69-2)15-28(37(30)52)20-43(57)45(60,61)47(64,65)50(48(66,67)46(43,62)63)21-24-7-5-4-6-8-24/h4-8,16-19,23,27-28,53-67H,9-15,20-22H2,1-3H3. The molecular weight excluding hydrogens is 957 g/mol. The molecule has 0 spiro atoms. The zero-order valence-corrected chi connectivity index (χ0v) is 39.0. The molecule has 4 aliphatic rings. The van der Waals surface area contributed by atoms with Gasteiger partial charge in [0.25, 0.3) is 29.3 Å². The largest absolute Gasteiger partial charge is 0.504 e. The van der Waals surface area contributed by atoms with Gasteiger partial charge in [-0.1, -0.05) is 30.3 Å². The molecule has 2 aliphatic carbocycles. The number of carbonyl (C=O) groups excluding carboxylic acids is 2. The van der Waals surface area contributed by atoms with Crippen LogP contribution in [0, 0.1) is 17.8 Å². The van der Waals surface area contributed by atoms with Gasteiger partial charge in [0.2, 0.25) is 24.0 Å². The lowest BCUT2D eigenvalue weighted by Gasteiger charge is -2.63. The number of methoxy groups -OCH3 is 3. The summed E-state index contributed by atoms with van der Waals surface area (Å²) in [5, 5.41) is 167. The van der Waals surface area contributed by atoms with E-state index in [0.717, 1.165) is 16.5 Å². The Balaban J connectivity index is 0.932. The van der Waals surface area contributed by atoms with Crippen molar-refractivity contribution in [1.29, 1.82) is 0 Å². The molecule has 2 atom stereocenters. The summed E-state index contributed by atoms with van der Waals surface area (Å²) in [6, 6.07) is 12.9. The van der Waals surface area contributed by atoms with Crippen molar-refractivity contribution >= 4 is 11.6 Å². The average Bonchev–Trinajstić information content (AvgIpc) is 3.81. The second-order valence-electron chi connectivity index (χ2n) is 18.6. The highest BCUT2D eigenvalue weighted by atomic mass is 16.7. The molecule has 8 rings (SSSR count). The fourth-order valence-corrected chi connectivity index (χ4v) is 10.4. The number of likely N-dealkylation sites (tertiary alicyclic amines) is 2. The quantitative estimate of drug-likeness (QED) is 0.0379. The van der Waals surface area contributed by atoms with Crippen molar-refractivity contribution in [3.63, 3.8) is 0 Å². The number of aliphatic hydroxyl groups is 11. The van der Waals surface area contributed by atoms with Crippen LogP contribution in [0.15, 0.2) is 54.6 Å². The molecule has 390 valence electrons. The van der Waals surface area contributed by atoms with Crippen molar-refractivity contribution in [2.24, 2.45) is 17.8 Å². The van der Waals surface area contributed by atoms with Crippen molar-refractivity contribution in [3.05, 3.63) is 88.0 Å². The van der Waals surface area contributed by atoms with E-state index in [4.69, 9.17) is 23.7 Å². The molecular formula is C48H56N2O22. The summed E-state index contributed by atoms with van der Waals surface area (Å²) in [5.74, 6) is -29.0. The Kier molecular flexibility index (Phi) is 13.4. The van der Waals surface area contributed by atoms with Crippen LogP contribution in [0.1, 0.15) is 68.7 Å². The van der Waals surface area contributed by atoms with Crippen molar-refractivity contribution in [2.75, 3.05) is 41.2 Å². The number of Topliss-reactive ketones (excluding diaryl/α,β-unsaturated/α-hetero) is 2.